The minimum atomic E-state index is -0.671. The quantitative estimate of drug-likeness (QED) is 0.833. The Kier molecular flexibility index (Phi) is 4.04. The Morgan fingerprint density at radius 2 is 2.00 bits per heavy atom. The van der Waals surface area contributed by atoms with Crippen LogP contribution in [0.4, 0.5) is 8.78 Å². The van der Waals surface area contributed by atoms with E-state index in [-0.39, 0.29) is 23.9 Å². The van der Waals surface area contributed by atoms with Crippen molar-refractivity contribution in [3.05, 3.63) is 35.4 Å². The number of carbonyl (C=O) groups is 1. The molecule has 1 heterocycles. The topological polar surface area (TPSA) is 46.3 Å². The van der Waals surface area contributed by atoms with Gasteiger partial charge < -0.3 is 5.73 Å². The van der Waals surface area contributed by atoms with Gasteiger partial charge in [-0.3, -0.25) is 9.69 Å². The number of rotatable bonds is 3. The summed E-state index contributed by atoms with van der Waals surface area (Å²) in [6, 6.07) is 3.12. The lowest BCUT2D eigenvalue weighted by atomic mass is 10.0. The van der Waals surface area contributed by atoms with Crippen molar-refractivity contribution in [3.63, 3.8) is 0 Å². The number of hydrogen-bond donors (Lipinski definition) is 1. The van der Waals surface area contributed by atoms with Crippen LogP contribution in [0.25, 0.3) is 0 Å². The number of Topliss-reactive ketones (excluding diaryl/α,β-unsaturated/α-hetero) is 1. The first-order valence-electron chi connectivity index (χ1n) is 6.02. The van der Waals surface area contributed by atoms with E-state index in [1.807, 2.05) is 4.90 Å². The Balaban J connectivity index is 2.01. The van der Waals surface area contributed by atoms with Gasteiger partial charge in [0.25, 0.3) is 0 Å². The second-order valence-corrected chi connectivity index (χ2v) is 4.66. The Morgan fingerprint density at radius 1 is 1.33 bits per heavy atom. The number of hydrogen-bond acceptors (Lipinski definition) is 3. The fourth-order valence-electron chi connectivity index (χ4n) is 2.11. The average molecular weight is 254 g/mol. The molecule has 98 valence electrons. The van der Waals surface area contributed by atoms with Gasteiger partial charge in [0.05, 0.1) is 12.1 Å². The third-order valence-electron chi connectivity index (χ3n) is 3.23. The van der Waals surface area contributed by atoms with E-state index >= 15 is 0 Å². The molecule has 1 saturated heterocycles. The lowest BCUT2D eigenvalue weighted by Crippen LogP contribution is -2.42. The SMILES string of the molecule is NC1CCN(CC(=O)c2cc(F)ccc2F)CC1. The molecule has 0 aliphatic carbocycles. The monoisotopic (exact) mass is 254 g/mol. The largest absolute Gasteiger partial charge is 0.328 e. The zero-order valence-electron chi connectivity index (χ0n) is 10.0. The van der Waals surface area contributed by atoms with E-state index in [2.05, 4.69) is 0 Å². The fraction of sp³-hybridized carbons (Fsp3) is 0.462. The van der Waals surface area contributed by atoms with Crippen molar-refractivity contribution in [1.29, 1.82) is 0 Å². The van der Waals surface area contributed by atoms with E-state index in [0.717, 1.165) is 44.1 Å². The lowest BCUT2D eigenvalue weighted by Gasteiger charge is -2.29. The predicted octanol–water partition coefficient (Wildman–Crippen LogP) is 1.57. The molecule has 2 N–H and O–H groups in total. The maximum Gasteiger partial charge on any atom is 0.179 e. The molecule has 1 fully saturated rings. The Labute approximate surface area is 105 Å². The highest BCUT2D eigenvalue weighted by Gasteiger charge is 2.20. The van der Waals surface area contributed by atoms with Gasteiger partial charge in [-0.1, -0.05) is 0 Å². The number of ketones is 1. The zero-order chi connectivity index (χ0) is 13.1. The number of nitrogens with zero attached hydrogens (tertiary/aromatic N) is 1. The van der Waals surface area contributed by atoms with Crippen molar-refractivity contribution < 1.29 is 13.6 Å². The number of likely N-dealkylation sites (tertiary alicyclic amines) is 1. The molecule has 0 amide bonds. The van der Waals surface area contributed by atoms with Crippen LogP contribution in [0.5, 0.6) is 0 Å². The number of piperidine rings is 1. The summed E-state index contributed by atoms with van der Waals surface area (Å²) >= 11 is 0. The van der Waals surface area contributed by atoms with Crippen LogP contribution in [0.2, 0.25) is 0 Å². The normalized spacial score (nSPS) is 17.9. The van der Waals surface area contributed by atoms with Crippen LogP contribution in [-0.2, 0) is 0 Å². The predicted molar refractivity (Wildman–Crippen MR) is 64.3 cm³/mol. The van der Waals surface area contributed by atoms with Gasteiger partial charge in [-0.05, 0) is 31.0 Å². The summed E-state index contributed by atoms with van der Waals surface area (Å²) in [5, 5.41) is 0. The molecule has 0 unspecified atom stereocenters. The van der Waals surface area contributed by atoms with Crippen LogP contribution in [0.15, 0.2) is 18.2 Å². The van der Waals surface area contributed by atoms with Crippen LogP contribution >= 0.6 is 0 Å². The van der Waals surface area contributed by atoms with Crippen molar-refractivity contribution in [2.24, 2.45) is 5.73 Å². The summed E-state index contributed by atoms with van der Waals surface area (Å²) in [6.45, 7) is 1.57. The molecule has 3 nitrogen and oxygen atoms in total. The minimum absolute atomic E-state index is 0.118. The Morgan fingerprint density at radius 3 is 2.67 bits per heavy atom. The minimum Gasteiger partial charge on any atom is -0.328 e. The van der Waals surface area contributed by atoms with Crippen LogP contribution in [0.3, 0.4) is 0 Å². The molecule has 1 aliphatic rings. The molecule has 1 aromatic carbocycles. The number of carbonyl (C=O) groups excluding carboxylic acids is 1. The second kappa shape index (κ2) is 5.54. The number of nitrogens with two attached hydrogens (primary N) is 1. The van der Waals surface area contributed by atoms with E-state index in [1.54, 1.807) is 0 Å². The van der Waals surface area contributed by atoms with Gasteiger partial charge in [-0.2, -0.15) is 0 Å². The number of benzene rings is 1. The summed E-state index contributed by atoms with van der Waals surface area (Å²) in [6.07, 6.45) is 1.66. The third kappa shape index (κ3) is 3.11. The van der Waals surface area contributed by atoms with E-state index in [9.17, 15) is 13.6 Å². The van der Waals surface area contributed by atoms with Crippen molar-refractivity contribution in [2.75, 3.05) is 19.6 Å². The highest BCUT2D eigenvalue weighted by atomic mass is 19.1. The van der Waals surface area contributed by atoms with E-state index in [0.29, 0.717) is 0 Å². The lowest BCUT2D eigenvalue weighted by molar-refractivity contribution is 0.0905. The highest BCUT2D eigenvalue weighted by molar-refractivity contribution is 5.97. The molecule has 1 aromatic rings. The van der Waals surface area contributed by atoms with Gasteiger partial charge in [-0.15, -0.1) is 0 Å². The van der Waals surface area contributed by atoms with Gasteiger partial charge in [0.1, 0.15) is 11.6 Å². The van der Waals surface area contributed by atoms with Gasteiger partial charge in [0.2, 0.25) is 0 Å². The molecule has 0 radical (unpaired) electrons. The smallest absolute Gasteiger partial charge is 0.179 e. The summed E-state index contributed by atoms with van der Waals surface area (Å²) in [5.41, 5.74) is 5.59. The summed E-state index contributed by atoms with van der Waals surface area (Å²) in [7, 11) is 0. The first-order chi connectivity index (χ1) is 8.56. The van der Waals surface area contributed by atoms with E-state index < -0.39 is 11.6 Å². The molecule has 0 saturated carbocycles. The average Bonchev–Trinajstić information content (AvgIpc) is 2.35. The molecule has 1 aliphatic heterocycles. The molecule has 0 bridgehead atoms. The summed E-state index contributed by atoms with van der Waals surface area (Å²) < 4.78 is 26.4. The van der Waals surface area contributed by atoms with Crippen molar-refractivity contribution in [2.45, 2.75) is 18.9 Å². The first kappa shape index (κ1) is 13.1. The molecule has 2 rings (SSSR count). The fourth-order valence-corrected chi connectivity index (χ4v) is 2.11. The molecular formula is C13H16F2N2O. The highest BCUT2D eigenvalue weighted by Crippen LogP contribution is 2.13. The van der Waals surface area contributed by atoms with Crippen molar-refractivity contribution in [1.82, 2.24) is 4.90 Å². The van der Waals surface area contributed by atoms with Crippen molar-refractivity contribution >= 4 is 5.78 Å². The second-order valence-electron chi connectivity index (χ2n) is 4.66. The maximum absolute atomic E-state index is 13.4. The van der Waals surface area contributed by atoms with Crippen LogP contribution in [-0.4, -0.2) is 36.4 Å². The molecular weight excluding hydrogens is 238 g/mol. The van der Waals surface area contributed by atoms with E-state index in [1.165, 1.54) is 0 Å². The summed E-state index contributed by atoms with van der Waals surface area (Å²) in [4.78, 5) is 13.8. The molecule has 0 aromatic heterocycles. The Bertz CT molecular complexity index is 443. The maximum atomic E-state index is 13.4. The molecule has 0 spiro atoms. The van der Waals surface area contributed by atoms with Gasteiger partial charge >= 0.3 is 0 Å². The van der Waals surface area contributed by atoms with Crippen LogP contribution in [0, 0.1) is 11.6 Å². The molecule has 0 atom stereocenters. The van der Waals surface area contributed by atoms with Crippen molar-refractivity contribution in [3.8, 4) is 0 Å². The van der Waals surface area contributed by atoms with Gasteiger partial charge in [0, 0.05) is 19.1 Å². The third-order valence-corrected chi connectivity index (χ3v) is 3.23. The first-order valence-corrected chi connectivity index (χ1v) is 6.02. The summed E-state index contributed by atoms with van der Waals surface area (Å²) in [5.74, 6) is -1.65. The number of halogens is 2. The van der Waals surface area contributed by atoms with Gasteiger partial charge in [0.15, 0.2) is 5.78 Å². The molecule has 5 heteroatoms. The molecule has 18 heavy (non-hydrogen) atoms. The van der Waals surface area contributed by atoms with Crippen LogP contribution in [0.1, 0.15) is 23.2 Å². The Hall–Kier alpha value is -1.33. The standard InChI is InChI=1S/C13H16F2N2O/c14-9-1-2-12(15)11(7-9)13(18)8-17-5-3-10(16)4-6-17/h1-2,7,10H,3-6,8,16H2. The van der Waals surface area contributed by atoms with Crippen LogP contribution < -0.4 is 5.73 Å². The van der Waals surface area contributed by atoms with E-state index in [4.69, 9.17) is 5.73 Å². The zero-order valence-corrected chi connectivity index (χ0v) is 10.0. The van der Waals surface area contributed by atoms with Gasteiger partial charge in [-0.25, -0.2) is 8.78 Å².